The van der Waals surface area contributed by atoms with Gasteiger partial charge in [0, 0.05) is 37.5 Å². The quantitative estimate of drug-likeness (QED) is 0.555. The minimum atomic E-state index is 0.206. The third-order valence-corrected chi connectivity index (χ3v) is 6.37. The highest BCUT2D eigenvalue weighted by Gasteiger charge is 2.23. The van der Waals surface area contributed by atoms with Crippen molar-refractivity contribution in [3.63, 3.8) is 0 Å². The maximum atomic E-state index is 12.5. The highest BCUT2D eigenvalue weighted by Crippen LogP contribution is 2.31. The summed E-state index contributed by atoms with van der Waals surface area (Å²) in [6.07, 6.45) is 3.92. The average molecular weight is 411 g/mol. The first-order valence-electron chi connectivity index (χ1n) is 10.2. The van der Waals surface area contributed by atoms with E-state index in [2.05, 4.69) is 27.9 Å². The van der Waals surface area contributed by atoms with Gasteiger partial charge in [-0.2, -0.15) is 0 Å². The number of carbonyl (C=O) groups is 1. The number of amides is 1. The molecular weight excluding hydrogens is 384 g/mol. The van der Waals surface area contributed by atoms with E-state index in [-0.39, 0.29) is 5.91 Å². The minimum Gasteiger partial charge on any atom is -0.494 e. The van der Waals surface area contributed by atoms with Crippen LogP contribution in [0.3, 0.4) is 0 Å². The van der Waals surface area contributed by atoms with Crippen molar-refractivity contribution in [2.24, 2.45) is 0 Å². The minimum absolute atomic E-state index is 0.206. The molecule has 0 atom stereocenters. The number of fused-ring (bicyclic) bond motifs is 1. The standard InChI is InChI=1S/C22H26N4O2S/c1-2-18-15-19-21(23-16-24-22(19)29-18)26-12-10-25(11-13-26)20(27)9-6-14-28-17-7-4-3-5-8-17/h3-5,7-8,15-16H,2,6,9-14H2,1H3. The summed E-state index contributed by atoms with van der Waals surface area (Å²) in [6.45, 7) is 5.79. The van der Waals surface area contributed by atoms with E-state index in [1.54, 1.807) is 17.7 Å². The van der Waals surface area contributed by atoms with Crippen LogP contribution < -0.4 is 9.64 Å². The zero-order valence-electron chi connectivity index (χ0n) is 16.7. The number of thiophene rings is 1. The summed E-state index contributed by atoms with van der Waals surface area (Å²) in [5.74, 6) is 2.05. The van der Waals surface area contributed by atoms with Gasteiger partial charge >= 0.3 is 0 Å². The lowest BCUT2D eigenvalue weighted by molar-refractivity contribution is -0.131. The Morgan fingerprint density at radius 1 is 1.14 bits per heavy atom. The second kappa shape index (κ2) is 9.22. The number of aryl methyl sites for hydroxylation is 1. The fourth-order valence-electron chi connectivity index (χ4n) is 3.58. The fraction of sp³-hybridized carbons (Fsp3) is 0.409. The van der Waals surface area contributed by atoms with Crippen molar-refractivity contribution in [3.05, 3.63) is 47.6 Å². The Balaban J connectivity index is 1.27. The maximum Gasteiger partial charge on any atom is 0.222 e. The van der Waals surface area contributed by atoms with Crippen LogP contribution in [-0.4, -0.2) is 53.6 Å². The molecule has 1 aromatic carbocycles. The van der Waals surface area contributed by atoms with E-state index in [9.17, 15) is 4.79 Å². The first-order chi connectivity index (χ1) is 14.2. The Morgan fingerprint density at radius 3 is 2.69 bits per heavy atom. The largest absolute Gasteiger partial charge is 0.494 e. The van der Waals surface area contributed by atoms with Gasteiger partial charge in [-0.15, -0.1) is 11.3 Å². The van der Waals surface area contributed by atoms with Gasteiger partial charge in [0.2, 0.25) is 5.91 Å². The summed E-state index contributed by atoms with van der Waals surface area (Å²) in [5.41, 5.74) is 0. The topological polar surface area (TPSA) is 58.6 Å². The number of nitrogens with zero attached hydrogens (tertiary/aromatic N) is 4. The molecule has 0 radical (unpaired) electrons. The zero-order chi connectivity index (χ0) is 20.1. The molecule has 29 heavy (non-hydrogen) atoms. The summed E-state index contributed by atoms with van der Waals surface area (Å²) in [4.78, 5) is 28.1. The van der Waals surface area contributed by atoms with Gasteiger partial charge in [-0.1, -0.05) is 25.1 Å². The fourth-order valence-corrected chi connectivity index (χ4v) is 4.50. The van der Waals surface area contributed by atoms with E-state index in [1.807, 2.05) is 35.2 Å². The summed E-state index contributed by atoms with van der Waals surface area (Å²) >= 11 is 1.74. The van der Waals surface area contributed by atoms with Crippen LogP contribution in [0.5, 0.6) is 5.75 Å². The van der Waals surface area contributed by atoms with E-state index in [4.69, 9.17) is 4.74 Å². The highest BCUT2D eigenvalue weighted by molar-refractivity contribution is 7.18. The monoisotopic (exact) mass is 410 g/mol. The summed E-state index contributed by atoms with van der Waals surface area (Å²) in [5, 5.41) is 1.13. The summed E-state index contributed by atoms with van der Waals surface area (Å²) < 4.78 is 5.68. The van der Waals surface area contributed by atoms with E-state index >= 15 is 0 Å². The van der Waals surface area contributed by atoms with Gasteiger partial charge in [-0.3, -0.25) is 4.79 Å². The molecule has 1 fully saturated rings. The van der Waals surface area contributed by atoms with Crippen molar-refractivity contribution in [2.45, 2.75) is 26.2 Å². The Morgan fingerprint density at radius 2 is 1.93 bits per heavy atom. The van der Waals surface area contributed by atoms with Crippen LogP contribution in [0.4, 0.5) is 5.82 Å². The van der Waals surface area contributed by atoms with E-state index in [0.29, 0.717) is 13.0 Å². The molecule has 3 heterocycles. The molecule has 4 rings (SSSR count). The van der Waals surface area contributed by atoms with Crippen LogP contribution in [0.2, 0.25) is 0 Å². The lowest BCUT2D eigenvalue weighted by Crippen LogP contribution is -2.49. The van der Waals surface area contributed by atoms with Crippen LogP contribution >= 0.6 is 11.3 Å². The Hall–Kier alpha value is -2.67. The third kappa shape index (κ3) is 4.67. The van der Waals surface area contributed by atoms with Gasteiger partial charge in [0.05, 0.1) is 12.0 Å². The van der Waals surface area contributed by atoms with E-state index in [1.165, 1.54) is 4.88 Å². The van der Waals surface area contributed by atoms with Crippen molar-refractivity contribution in [3.8, 4) is 5.75 Å². The third-order valence-electron chi connectivity index (χ3n) is 5.19. The molecule has 1 saturated heterocycles. The number of carbonyl (C=O) groups excluding carboxylic acids is 1. The van der Waals surface area contributed by atoms with Crippen molar-refractivity contribution in [2.75, 3.05) is 37.7 Å². The first kappa shape index (κ1) is 19.6. The molecule has 0 spiro atoms. The van der Waals surface area contributed by atoms with Crippen molar-refractivity contribution >= 4 is 33.3 Å². The number of ether oxygens (including phenoxy) is 1. The van der Waals surface area contributed by atoms with Gasteiger partial charge in [-0.25, -0.2) is 9.97 Å². The molecule has 0 N–H and O–H groups in total. The predicted molar refractivity (Wildman–Crippen MR) is 117 cm³/mol. The molecule has 2 aromatic heterocycles. The van der Waals surface area contributed by atoms with Gasteiger partial charge in [-0.05, 0) is 31.0 Å². The van der Waals surface area contributed by atoms with Crippen LogP contribution in [-0.2, 0) is 11.2 Å². The molecule has 3 aromatic rings. The molecule has 152 valence electrons. The van der Waals surface area contributed by atoms with Gasteiger partial charge in [0.15, 0.2) is 0 Å². The Bertz CT molecular complexity index is 952. The van der Waals surface area contributed by atoms with Crippen LogP contribution in [0.15, 0.2) is 42.7 Å². The number of rotatable bonds is 7. The average Bonchev–Trinajstić information content (AvgIpc) is 3.21. The maximum absolute atomic E-state index is 12.5. The normalized spacial score (nSPS) is 14.4. The zero-order valence-corrected chi connectivity index (χ0v) is 17.5. The number of para-hydroxylation sites is 1. The molecular formula is C22H26N4O2S. The number of aromatic nitrogens is 2. The molecule has 7 heteroatoms. The lowest BCUT2D eigenvalue weighted by Gasteiger charge is -2.35. The molecule has 0 unspecified atom stereocenters. The number of benzene rings is 1. The lowest BCUT2D eigenvalue weighted by atomic mass is 10.2. The summed E-state index contributed by atoms with van der Waals surface area (Å²) in [7, 11) is 0. The predicted octanol–water partition coefficient (Wildman–Crippen LogP) is 3.76. The van der Waals surface area contributed by atoms with Gasteiger partial charge in [0.25, 0.3) is 0 Å². The molecule has 1 aliphatic rings. The summed E-state index contributed by atoms with van der Waals surface area (Å²) in [6, 6.07) is 11.9. The Labute approximate surface area is 175 Å². The molecule has 6 nitrogen and oxygen atoms in total. The molecule has 0 bridgehead atoms. The van der Waals surface area contributed by atoms with E-state index < -0.39 is 0 Å². The van der Waals surface area contributed by atoms with Crippen molar-refractivity contribution < 1.29 is 9.53 Å². The number of anilines is 1. The van der Waals surface area contributed by atoms with Gasteiger partial charge < -0.3 is 14.5 Å². The van der Waals surface area contributed by atoms with Crippen molar-refractivity contribution in [1.82, 2.24) is 14.9 Å². The number of hydrogen-bond acceptors (Lipinski definition) is 6. The second-order valence-electron chi connectivity index (χ2n) is 7.12. The SMILES string of the molecule is CCc1cc2c(N3CCN(C(=O)CCCOc4ccccc4)CC3)ncnc2s1. The molecule has 1 amide bonds. The van der Waals surface area contributed by atoms with Crippen molar-refractivity contribution in [1.29, 1.82) is 0 Å². The smallest absolute Gasteiger partial charge is 0.222 e. The Kier molecular flexibility index (Phi) is 6.24. The van der Waals surface area contributed by atoms with Gasteiger partial charge in [0.1, 0.15) is 22.7 Å². The van der Waals surface area contributed by atoms with Crippen LogP contribution in [0, 0.1) is 0 Å². The van der Waals surface area contributed by atoms with Crippen LogP contribution in [0.1, 0.15) is 24.6 Å². The highest BCUT2D eigenvalue weighted by atomic mass is 32.1. The number of hydrogen-bond donors (Lipinski definition) is 0. The second-order valence-corrected chi connectivity index (χ2v) is 8.23. The molecule has 1 aliphatic heterocycles. The molecule has 0 aliphatic carbocycles. The van der Waals surface area contributed by atoms with E-state index in [0.717, 1.165) is 60.8 Å². The first-order valence-corrected chi connectivity index (χ1v) is 11.0. The number of piperazine rings is 1. The van der Waals surface area contributed by atoms with Crippen LogP contribution in [0.25, 0.3) is 10.2 Å². The molecule has 0 saturated carbocycles.